The second-order valence-electron chi connectivity index (χ2n) is 3.96. The molecule has 120 valence electrons. The fraction of sp³-hybridized carbons (Fsp3) is 0.364. The molecule has 0 radical (unpaired) electrons. The highest BCUT2D eigenvalue weighted by molar-refractivity contribution is 5.80. The van der Waals surface area contributed by atoms with Crippen LogP contribution >= 0.6 is 0 Å². The first kappa shape index (κ1) is 17.2. The van der Waals surface area contributed by atoms with Crippen LogP contribution in [0.5, 0.6) is 0 Å². The molecule has 0 aliphatic heterocycles. The van der Waals surface area contributed by atoms with Crippen molar-refractivity contribution in [2.45, 2.75) is 12.8 Å². The van der Waals surface area contributed by atoms with E-state index in [0.29, 0.717) is 0 Å². The number of esters is 1. The summed E-state index contributed by atoms with van der Waals surface area (Å²) in [7, 11) is 0. The number of hydrogen-bond donors (Lipinski definition) is 1. The van der Waals surface area contributed by atoms with E-state index < -0.39 is 45.3 Å². The Hall–Kier alpha value is -2.85. The van der Waals surface area contributed by atoms with Gasteiger partial charge in [-0.1, -0.05) is 0 Å². The maximum Gasteiger partial charge on any atom is 0.378 e. The van der Waals surface area contributed by atoms with Gasteiger partial charge in [-0.3, -0.25) is 20.2 Å². The van der Waals surface area contributed by atoms with Crippen LogP contribution in [0.3, 0.4) is 0 Å². The SMILES string of the molecule is CCOC(=O)C(F)(F)CNc1c([N+](=O)[O-])cccc1[N+](=O)[O-]. The number of halogens is 2. The first-order valence-corrected chi connectivity index (χ1v) is 5.91. The number of nitrogens with one attached hydrogen (secondary N) is 1. The summed E-state index contributed by atoms with van der Waals surface area (Å²) in [5, 5.41) is 23.5. The van der Waals surface area contributed by atoms with Crippen molar-refractivity contribution in [2.24, 2.45) is 0 Å². The molecule has 0 bridgehead atoms. The summed E-state index contributed by atoms with van der Waals surface area (Å²) in [5.74, 6) is -5.82. The molecule has 0 saturated heterocycles. The summed E-state index contributed by atoms with van der Waals surface area (Å²) in [4.78, 5) is 30.8. The number of alkyl halides is 2. The zero-order chi connectivity index (χ0) is 16.9. The van der Waals surface area contributed by atoms with E-state index >= 15 is 0 Å². The molecule has 1 aromatic carbocycles. The van der Waals surface area contributed by atoms with Gasteiger partial charge in [0.15, 0.2) is 5.69 Å². The molecule has 1 N–H and O–H groups in total. The summed E-state index contributed by atoms with van der Waals surface area (Å²) >= 11 is 0. The normalized spacial score (nSPS) is 10.9. The summed E-state index contributed by atoms with van der Waals surface area (Å²) in [5.41, 5.74) is -2.22. The van der Waals surface area contributed by atoms with Gasteiger partial charge in [0.05, 0.1) is 23.0 Å². The van der Waals surface area contributed by atoms with Gasteiger partial charge in [0.1, 0.15) is 0 Å². The Morgan fingerprint density at radius 1 is 1.27 bits per heavy atom. The number of anilines is 1. The topological polar surface area (TPSA) is 125 Å². The van der Waals surface area contributed by atoms with Crippen LogP contribution in [0.1, 0.15) is 6.92 Å². The molecule has 0 unspecified atom stereocenters. The van der Waals surface area contributed by atoms with Crippen LogP contribution in [0.2, 0.25) is 0 Å². The van der Waals surface area contributed by atoms with E-state index in [1.165, 1.54) is 6.92 Å². The number of hydrogen-bond acceptors (Lipinski definition) is 7. The van der Waals surface area contributed by atoms with E-state index in [1.807, 2.05) is 5.32 Å². The summed E-state index contributed by atoms with van der Waals surface area (Å²) < 4.78 is 31.1. The lowest BCUT2D eigenvalue weighted by molar-refractivity contribution is -0.392. The fourth-order valence-electron chi connectivity index (χ4n) is 1.52. The molecule has 0 aromatic heterocycles. The van der Waals surface area contributed by atoms with Crippen LogP contribution in [0.4, 0.5) is 25.8 Å². The Labute approximate surface area is 122 Å². The molecule has 9 nitrogen and oxygen atoms in total. The molecule has 0 spiro atoms. The molecular formula is C11H11F2N3O6. The van der Waals surface area contributed by atoms with E-state index in [9.17, 15) is 33.8 Å². The Bertz CT molecular complexity index is 575. The zero-order valence-corrected chi connectivity index (χ0v) is 11.2. The van der Waals surface area contributed by atoms with Crippen LogP contribution in [-0.2, 0) is 9.53 Å². The van der Waals surface area contributed by atoms with Crippen LogP contribution in [0.25, 0.3) is 0 Å². The number of nitro groups is 2. The highest BCUT2D eigenvalue weighted by Crippen LogP contribution is 2.34. The van der Waals surface area contributed by atoms with Gasteiger partial charge in [0.2, 0.25) is 0 Å². The third-order valence-electron chi connectivity index (χ3n) is 2.48. The number of ether oxygens (including phenoxy) is 1. The van der Waals surface area contributed by atoms with Crippen molar-refractivity contribution in [3.63, 3.8) is 0 Å². The zero-order valence-electron chi connectivity index (χ0n) is 11.2. The van der Waals surface area contributed by atoms with Crippen molar-refractivity contribution >= 4 is 23.0 Å². The van der Waals surface area contributed by atoms with Crippen molar-refractivity contribution in [2.75, 3.05) is 18.5 Å². The lowest BCUT2D eigenvalue weighted by atomic mass is 10.2. The molecule has 0 fully saturated rings. The average Bonchev–Trinajstić information content (AvgIpc) is 2.44. The predicted molar refractivity (Wildman–Crippen MR) is 69.8 cm³/mol. The minimum Gasteiger partial charge on any atom is -0.462 e. The Morgan fingerprint density at radius 3 is 2.18 bits per heavy atom. The number of para-hydroxylation sites is 1. The number of nitro benzene ring substituents is 2. The lowest BCUT2D eigenvalue weighted by Crippen LogP contribution is -2.38. The lowest BCUT2D eigenvalue weighted by Gasteiger charge is -2.15. The van der Waals surface area contributed by atoms with Crippen molar-refractivity contribution in [3.05, 3.63) is 38.4 Å². The molecule has 1 aromatic rings. The molecule has 11 heteroatoms. The van der Waals surface area contributed by atoms with Crippen molar-refractivity contribution < 1.29 is 28.2 Å². The molecule has 0 atom stereocenters. The monoisotopic (exact) mass is 319 g/mol. The number of benzene rings is 1. The maximum absolute atomic E-state index is 13.5. The number of carbonyl (C=O) groups is 1. The quantitative estimate of drug-likeness (QED) is 0.463. The average molecular weight is 319 g/mol. The van der Waals surface area contributed by atoms with E-state index in [1.54, 1.807) is 0 Å². The molecule has 0 heterocycles. The van der Waals surface area contributed by atoms with Crippen LogP contribution in [0, 0.1) is 20.2 Å². The standard InChI is InChI=1S/C11H11F2N3O6/c1-2-22-10(17)11(12,13)6-14-9-7(15(18)19)4-3-5-8(9)16(20)21/h3-5,14H,2,6H2,1H3. The summed E-state index contributed by atoms with van der Waals surface area (Å²) in [6.07, 6.45) is 0. The third-order valence-corrected chi connectivity index (χ3v) is 2.48. The molecule has 0 saturated carbocycles. The summed E-state index contributed by atoms with van der Waals surface area (Å²) in [6, 6.07) is 2.88. The Morgan fingerprint density at radius 2 is 1.77 bits per heavy atom. The van der Waals surface area contributed by atoms with Gasteiger partial charge < -0.3 is 10.1 Å². The van der Waals surface area contributed by atoms with E-state index in [2.05, 4.69) is 4.74 Å². The Balaban J connectivity index is 3.09. The third kappa shape index (κ3) is 3.84. The van der Waals surface area contributed by atoms with Crippen LogP contribution in [-0.4, -0.2) is 34.9 Å². The molecular weight excluding hydrogens is 308 g/mol. The van der Waals surface area contributed by atoms with E-state index in [4.69, 9.17) is 0 Å². The van der Waals surface area contributed by atoms with Gasteiger partial charge in [-0.2, -0.15) is 8.78 Å². The predicted octanol–water partition coefficient (Wildman–Crippen LogP) is 2.11. The Kier molecular flexibility index (Phi) is 5.27. The molecule has 0 amide bonds. The first-order valence-electron chi connectivity index (χ1n) is 5.91. The minimum atomic E-state index is -3.99. The van der Waals surface area contributed by atoms with E-state index in [-0.39, 0.29) is 6.61 Å². The van der Waals surface area contributed by atoms with Crippen LogP contribution < -0.4 is 5.32 Å². The highest BCUT2D eigenvalue weighted by Gasteiger charge is 2.41. The number of nitrogens with zero attached hydrogens (tertiary/aromatic N) is 2. The molecule has 0 aliphatic rings. The fourth-order valence-corrected chi connectivity index (χ4v) is 1.52. The van der Waals surface area contributed by atoms with Crippen molar-refractivity contribution in [3.8, 4) is 0 Å². The van der Waals surface area contributed by atoms with Gasteiger partial charge in [0, 0.05) is 12.1 Å². The minimum absolute atomic E-state index is 0.278. The molecule has 0 aliphatic carbocycles. The number of carbonyl (C=O) groups excluding carboxylic acids is 1. The van der Waals surface area contributed by atoms with Gasteiger partial charge in [-0.15, -0.1) is 0 Å². The largest absolute Gasteiger partial charge is 0.462 e. The van der Waals surface area contributed by atoms with Gasteiger partial charge in [-0.25, -0.2) is 4.79 Å². The van der Waals surface area contributed by atoms with Gasteiger partial charge >= 0.3 is 11.9 Å². The smallest absolute Gasteiger partial charge is 0.378 e. The first-order chi connectivity index (χ1) is 10.2. The molecule has 1 rings (SSSR count). The number of rotatable bonds is 7. The van der Waals surface area contributed by atoms with E-state index in [0.717, 1.165) is 18.2 Å². The molecule has 22 heavy (non-hydrogen) atoms. The van der Waals surface area contributed by atoms with Gasteiger partial charge in [-0.05, 0) is 13.0 Å². The van der Waals surface area contributed by atoms with Crippen LogP contribution in [0.15, 0.2) is 18.2 Å². The highest BCUT2D eigenvalue weighted by atomic mass is 19.3. The van der Waals surface area contributed by atoms with Gasteiger partial charge in [0.25, 0.3) is 11.4 Å². The van der Waals surface area contributed by atoms with Crippen molar-refractivity contribution in [1.29, 1.82) is 0 Å². The summed E-state index contributed by atoms with van der Waals surface area (Å²) in [6.45, 7) is -0.328. The van der Waals surface area contributed by atoms with Crippen molar-refractivity contribution in [1.82, 2.24) is 0 Å². The second kappa shape index (κ2) is 6.74. The maximum atomic E-state index is 13.5. The second-order valence-corrected chi connectivity index (χ2v) is 3.96.